The maximum Gasteiger partial charge on any atom is 0.320 e. The van der Waals surface area contributed by atoms with Crippen LogP contribution >= 0.6 is 0 Å². The number of rotatable bonds is 6. The Kier molecular flexibility index (Phi) is 7.81. The molecular formula is C22H39N7O2. The van der Waals surface area contributed by atoms with Gasteiger partial charge in [0.15, 0.2) is 5.82 Å². The summed E-state index contributed by atoms with van der Waals surface area (Å²) in [5.41, 5.74) is 0. The van der Waals surface area contributed by atoms with E-state index in [4.69, 9.17) is 4.74 Å². The molecule has 2 atom stereocenters. The van der Waals surface area contributed by atoms with Gasteiger partial charge in [-0.3, -0.25) is 25.9 Å². The standard InChI is InChI=1S/C22H39N7O2/c1-29-11-10-20(28-29)27-22(30)26-18-5-3-4-17(12-18)25-21-23-13-16(14-24-21)15-6-8-19(31-2)9-7-15/h10-11,15-19,21,23-25H,3-9,12-14H2,1-2H3,(H2,26,27,28,30). The number of aromatic nitrogens is 2. The maximum absolute atomic E-state index is 12.3. The Labute approximate surface area is 185 Å². The molecule has 0 spiro atoms. The van der Waals surface area contributed by atoms with Crippen molar-refractivity contribution in [2.75, 3.05) is 25.5 Å². The number of urea groups is 1. The average Bonchev–Trinajstić information content (AvgIpc) is 3.19. The van der Waals surface area contributed by atoms with Gasteiger partial charge in [-0.25, -0.2) is 4.79 Å². The molecule has 1 aromatic heterocycles. The van der Waals surface area contributed by atoms with Crippen molar-refractivity contribution in [3.63, 3.8) is 0 Å². The second-order valence-electron chi connectivity index (χ2n) is 9.48. The molecule has 2 aliphatic carbocycles. The highest BCUT2D eigenvalue weighted by Gasteiger charge is 2.32. The fraction of sp³-hybridized carbons (Fsp3) is 0.818. The summed E-state index contributed by atoms with van der Waals surface area (Å²) in [5, 5.41) is 21.2. The van der Waals surface area contributed by atoms with Crippen LogP contribution in [0.15, 0.2) is 12.3 Å². The molecule has 174 valence electrons. The first-order chi connectivity index (χ1) is 15.1. The average molecular weight is 434 g/mol. The summed E-state index contributed by atoms with van der Waals surface area (Å²) < 4.78 is 7.19. The third-order valence-electron chi connectivity index (χ3n) is 7.25. The molecule has 1 saturated heterocycles. The van der Waals surface area contributed by atoms with Crippen LogP contribution in [-0.4, -0.2) is 60.5 Å². The van der Waals surface area contributed by atoms with Crippen LogP contribution in [0.5, 0.6) is 0 Å². The number of nitrogens with one attached hydrogen (secondary N) is 5. The molecule has 2 saturated carbocycles. The van der Waals surface area contributed by atoms with E-state index in [9.17, 15) is 4.79 Å². The van der Waals surface area contributed by atoms with Crippen molar-refractivity contribution >= 4 is 11.8 Å². The number of nitrogens with zero attached hydrogens (tertiary/aromatic N) is 2. The molecule has 1 aliphatic heterocycles. The molecule has 0 aromatic carbocycles. The van der Waals surface area contributed by atoms with Gasteiger partial charge in [-0.15, -0.1) is 0 Å². The first kappa shape index (κ1) is 22.5. The molecule has 0 radical (unpaired) electrons. The number of anilines is 1. The van der Waals surface area contributed by atoms with Gasteiger partial charge in [0.05, 0.1) is 6.10 Å². The predicted molar refractivity (Wildman–Crippen MR) is 121 cm³/mol. The summed E-state index contributed by atoms with van der Waals surface area (Å²) >= 11 is 0. The van der Waals surface area contributed by atoms with Gasteiger partial charge in [0.25, 0.3) is 0 Å². The zero-order valence-corrected chi connectivity index (χ0v) is 18.9. The van der Waals surface area contributed by atoms with Crippen LogP contribution in [0.25, 0.3) is 0 Å². The largest absolute Gasteiger partial charge is 0.381 e. The monoisotopic (exact) mass is 433 g/mol. The van der Waals surface area contributed by atoms with E-state index in [1.165, 1.54) is 25.7 Å². The molecule has 1 aromatic rings. The highest BCUT2D eigenvalue weighted by molar-refractivity contribution is 5.88. The molecule has 2 unspecified atom stereocenters. The second-order valence-corrected chi connectivity index (χ2v) is 9.48. The van der Waals surface area contributed by atoms with Gasteiger partial charge in [-0.1, -0.05) is 0 Å². The minimum atomic E-state index is -0.177. The van der Waals surface area contributed by atoms with E-state index < -0.39 is 0 Å². The molecule has 0 bridgehead atoms. The van der Waals surface area contributed by atoms with E-state index in [0.29, 0.717) is 23.9 Å². The van der Waals surface area contributed by atoms with E-state index in [-0.39, 0.29) is 18.4 Å². The van der Waals surface area contributed by atoms with Gasteiger partial charge in [0.2, 0.25) is 0 Å². The summed E-state index contributed by atoms with van der Waals surface area (Å²) in [6.45, 7) is 2.13. The van der Waals surface area contributed by atoms with Gasteiger partial charge in [-0.05, 0) is 63.2 Å². The lowest BCUT2D eigenvalue weighted by molar-refractivity contribution is 0.0414. The van der Waals surface area contributed by atoms with Gasteiger partial charge in [-0.2, -0.15) is 5.10 Å². The maximum atomic E-state index is 12.3. The van der Waals surface area contributed by atoms with Crippen molar-refractivity contribution in [3.05, 3.63) is 12.3 Å². The van der Waals surface area contributed by atoms with Crippen molar-refractivity contribution in [3.8, 4) is 0 Å². The van der Waals surface area contributed by atoms with E-state index in [1.807, 2.05) is 20.4 Å². The first-order valence-electron chi connectivity index (χ1n) is 11.9. The van der Waals surface area contributed by atoms with Gasteiger partial charge in [0, 0.05) is 51.6 Å². The molecular weight excluding hydrogens is 394 g/mol. The predicted octanol–water partition coefficient (Wildman–Crippen LogP) is 1.74. The smallest absolute Gasteiger partial charge is 0.320 e. The Morgan fingerprint density at radius 2 is 1.84 bits per heavy atom. The van der Waals surface area contributed by atoms with E-state index in [1.54, 1.807) is 10.7 Å². The van der Waals surface area contributed by atoms with E-state index in [2.05, 4.69) is 31.7 Å². The Bertz CT molecular complexity index is 696. The molecule has 9 heteroatoms. The van der Waals surface area contributed by atoms with Crippen LogP contribution in [0, 0.1) is 11.8 Å². The van der Waals surface area contributed by atoms with Crippen LogP contribution in [-0.2, 0) is 11.8 Å². The van der Waals surface area contributed by atoms with Crippen LogP contribution in [0.2, 0.25) is 0 Å². The van der Waals surface area contributed by atoms with Crippen molar-refractivity contribution in [1.29, 1.82) is 0 Å². The molecule has 2 amide bonds. The number of aryl methyl sites for hydroxylation is 1. The Morgan fingerprint density at radius 3 is 2.52 bits per heavy atom. The van der Waals surface area contributed by atoms with Crippen molar-refractivity contribution in [1.82, 2.24) is 31.0 Å². The van der Waals surface area contributed by atoms with E-state index in [0.717, 1.165) is 44.7 Å². The lowest BCUT2D eigenvalue weighted by Gasteiger charge is -2.40. The van der Waals surface area contributed by atoms with Crippen LogP contribution in [0.4, 0.5) is 10.6 Å². The Morgan fingerprint density at radius 1 is 1.10 bits per heavy atom. The lowest BCUT2D eigenvalue weighted by atomic mass is 9.78. The molecule has 4 rings (SSSR count). The normalized spacial score (nSPS) is 34.3. The zero-order chi connectivity index (χ0) is 21.6. The van der Waals surface area contributed by atoms with Crippen LogP contribution in [0.1, 0.15) is 51.4 Å². The quantitative estimate of drug-likeness (QED) is 0.468. The van der Waals surface area contributed by atoms with Crippen molar-refractivity contribution in [2.45, 2.75) is 75.8 Å². The molecule has 3 fully saturated rings. The highest BCUT2D eigenvalue weighted by atomic mass is 16.5. The minimum absolute atomic E-state index is 0.151. The molecule has 2 heterocycles. The number of carbonyl (C=O) groups is 1. The van der Waals surface area contributed by atoms with Gasteiger partial charge >= 0.3 is 6.03 Å². The molecule has 31 heavy (non-hydrogen) atoms. The van der Waals surface area contributed by atoms with E-state index >= 15 is 0 Å². The third kappa shape index (κ3) is 6.41. The number of hydrogen-bond donors (Lipinski definition) is 5. The number of carbonyl (C=O) groups excluding carboxylic acids is 1. The number of methoxy groups -OCH3 is 1. The van der Waals surface area contributed by atoms with Gasteiger partial charge in [0.1, 0.15) is 6.29 Å². The van der Waals surface area contributed by atoms with Crippen LogP contribution in [0.3, 0.4) is 0 Å². The second kappa shape index (κ2) is 10.8. The van der Waals surface area contributed by atoms with Crippen LogP contribution < -0.4 is 26.6 Å². The fourth-order valence-corrected chi connectivity index (χ4v) is 5.46. The third-order valence-corrected chi connectivity index (χ3v) is 7.25. The zero-order valence-electron chi connectivity index (χ0n) is 18.9. The summed E-state index contributed by atoms with van der Waals surface area (Å²) in [4.78, 5) is 12.3. The SMILES string of the molecule is COC1CCC(C2CNC(NC3CCCC(NC(=O)Nc4ccn(C)n4)C3)NC2)CC1. The summed E-state index contributed by atoms with van der Waals surface area (Å²) in [6.07, 6.45) is 11.6. The number of amides is 2. The van der Waals surface area contributed by atoms with Crippen molar-refractivity contribution in [2.24, 2.45) is 18.9 Å². The first-order valence-corrected chi connectivity index (χ1v) is 11.9. The molecule has 9 nitrogen and oxygen atoms in total. The van der Waals surface area contributed by atoms with Gasteiger partial charge < -0.3 is 10.1 Å². The molecule has 3 aliphatic rings. The summed E-state index contributed by atoms with van der Waals surface area (Å²) in [7, 11) is 3.67. The number of ether oxygens (including phenoxy) is 1. The Hall–Kier alpha value is -1.68. The highest BCUT2D eigenvalue weighted by Crippen LogP contribution is 2.31. The minimum Gasteiger partial charge on any atom is -0.381 e. The topological polar surface area (TPSA) is 104 Å². The number of hydrogen-bond acceptors (Lipinski definition) is 6. The molecule has 5 N–H and O–H groups in total. The summed E-state index contributed by atoms with van der Waals surface area (Å²) in [5.74, 6) is 2.08. The lowest BCUT2D eigenvalue weighted by Crippen LogP contribution is -2.63. The fourth-order valence-electron chi connectivity index (χ4n) is 5.46. The summed E-state index contributed by atoms with van der Waals surface area (Å²) in [6, 6.07) is 2.20. The van der Waals surface area contributed by atoms with Crippen molar-refractivity contribution < 1.29 is 9.53 Å². The Balaban J connectivity index is 1.16.